The summed E-state index contributed by atoms with van der Waals surface area (Å²) < 4.78 is 1.82. The van der Waals surface area contributed by atoms with Gasteiger partial charge in [-0.3, -0.25) is 14.4 Å². The number of Topliss-reactive ketones (excluding diaryl/α,β-unsaturated/α-hetero) is 1. The average molecular weight is 377 g/mol. The predicted molar refractivity (Wildman–Crippen MR) is 106 cm³/mol. The van der Waals surface area contributed by atoms with E-state index in [9.17, 15) is 14.4 Å². The van der Waals surface area contributed by atoms with Crippen molar-refractivity contribution in [3.05, 3.63) is 69.8 Å². The predicted octanol–water partition coefficient (Wildman–Crippen LogP) is 3.45. The number of carbonyl (C=O) groups excluding carboxylic acids is 2. The highest BCUT2D eigenvalue weighted by Crippen LogP contribution is 2.21. The molecule has 0 atom stereocenters. The van der Waals surface area contributed by atoms with Gasteiger partial charge >= 0.3 is 0 Å². The Balaban J connectivity index is 1.76. The number of hydrogen-bond donors (Lipinski definition) is 1. The third-order valence-corrected chi connectivity index (χ3v) is 5.29. The van der Waals surface area contributed by atoms with E-state index < -0.39 is 0 Å². The molecule has 2 aromatic heterocycles. The van der Waals surface area contributed by atoms with Crippen LogP contribution in [-0.4, -0.2) is 21.2 Å². The van der Waals surface area contributed by atoms with Gasteiger partial charge in [0.2, 0.25) is 5.91 Å². The van der Waals surface area contributed by atoms with Crippen LogP contribution in [0.3, 0.4) is 0 Å². The second kappa shape index (κ2) is 6.77. The molecule has 6 nitrogen and oxygen atoms in total. The number of hydrogen-bond acceptors (Lipinski definition) is 5. The molecule has 0 bridgehead atoms. The summed E-state index contributed by atoms with van der Waals surface area (Å²) in [5.41, 5.74) is 1.34. The van der Waals surface area contributed by atoms with Gasteiger partial charge in [0.15, 0.2) is 16.3 Å². The van der Waals surface area contributed by atoms with Gasteiger partial charge in [-0.2, -0.15) is 0 Å². The molecule has 4 aromatic rings. The highest BCUT2D eigenvalue weighted by atomic mass is 32.1. The van der Waals surface area contributed by atoms with Gasteiger partial charge in [-0.15, -0.1) is 0 Å². The van der Waals surface area contributed by atoms with Crippen molar-refractivity contribution in [3.63, 3.8) is 0 Å². The number of nitrogens with one attached hydrogen (secondary N) is 1. The Morgan fingerprint density at radius 1 is 1.04 bits per heavy atom. The van der Waals surface area contributed by atoms with Gasteiger partial charge in [0.25, 0.3) is 0 Å². The summed E-state index contributed by atoms with van der Waals surface area (Å²) in [6, 6.07) is 14.5. The van der Waals surface area contributed by atoms with E-state index in [1.807, 2.05) is 41.0 Å². The molecule has 2 aromatic carbocycles. The molecule has 0 unspecified atom stereocenters. The molecule has 0 fully saturated rings. The Kier molecular flexibility index (Phi) is 4.29. The zero-order valence-corrected chi connectivity index (χ0v) is 15.2. The zero-order valence-electron chi connectivity index (χ0n) is 14.4. The fourth-order valence-electron chi connectivity index (χ4n) is 3.04. The summed E-state index contributed by atoms with van der Waals surface area (Å²) in [7, 11) is 0. The van der Waals surface area contributed by atoms with Crippen LogP contribution in [0.5, 0.6) is 0 Å². The Bertz CT molecular complexity index is 1200. The molecule has 0 saturated carbocycles. The monoisotopic (exact) mass is 377 g/mol. The summed E-state index contributed by atoms with van der Waals surface area (Å²) >= 11 is 1.14. The summed E-state index contributed by atoms with van der Waals surface area (Å²) in [6.07, 6.45) is 1.45. The van der Waals surface area contributed by atoms with Crippen molar-refractivity contribution in [3.8, 4) is 0 Å². The lowest BCUT2D eigenvalue weighted by Crippen LogP contribution is -2.21. The van der Waals surface area contributed by atoms with E-state index in [4.69, 9.17) is 0 Å². The van der Waals surface area contributed by atoms with Crippen molar-refractivity contribution >= 4 is 50.0 Å². The van der Waals surface area contributed by atoms with Crippen molar-refractivity contribution in [2.75, 3.05) is 5.32 Å². The molecule has 0 aliphatic heterocycles. The lowest BCUT2D eigenvalue weighted by atomic mass is 10.1. The summed E-state index contributed by atoms with van der Waals surface area (Å²) in [4.78, 5) is 41.3. The maximum atomic E-state index is 12.7. The Morgan fingerprint density at radius 3 is 2.19 bits per heavy atom. The van der Waals surface area contributed by atoms with Gasteiger partial charge in [0.1, 0.15) is 6.54 Å². The molecule has 134 valence electrons. The first kappa shape index (κ1) is 17.1. The first-order valence-electron chi connectivity index (χ1n) is 8.31. The number of nitrogens with zero attached hydrogens (tertiary/aromatic N) is 2. The van der Waals surface area contributed by atoms with Crippen LogP contribution in [-0.2, 0) is 11.3 Å². The van der Waals surface area contributed by atoms with Crippen LogP contribution >= 0.6 is 11.3 Å². The Morgan fingerprint density at radius 2 is 1.63 bits per heavy atom. The Hall–Kier alpha value is -3.32. The van der Waals surface area contributed by atoms with Crippen LogP contribution < -0.4 is 10.7 Å². The quantitative estimate of drug-likeness (QED) is 0.436. The molecule has 27 heavy (non-hydrogen) atoms. The smallest absolute Gasteiger partial charge is 0.246 e. The molecular weight excluding hydrogens is 362 g/mol. The summed E-state index contributed by atoms with van der Waals surface area (Å²) in [5.74, 6) is -0.371. The number of para-hydroxylation sites is 2. The number of amides is 1. The van der Waals surface area contributed by atoms with Crippen LogP contribution in [0.2, 0.25) is 0 Å². The number of pyridine rings is 1. The van der Waals surface area contributed by atoms with Crippen molar-refractivity contribution in [1.29, 1.82) is 0 Å². The van der Waals surface area contributed by atoms with Crippen LogP contribution in [0, 0.1) is 0 Å². The maximum absolute atomic E-state index is 12.7. The number of rotatable bonds is 4. The number of anilines is 1. The summed E-state index contributed by atoms with van der Waals surface area (Å²) in [6.45, 7) is 1.48. The number of fused-ring (bicyclic) bond motifs is 2. The van der Waals surface area contributed by atoms with E-state index in [0.717, 1.165) is 11.3 Å². The van der Waals surface area contributed by atoms with Gasteiger partial charge in [-0.05, 0) is 24.3 Å². The molecule has 2 heterocycles. The van der Waals surface area contributed by atoms with Gasteiger partial charge in [-0.25, -0.2) is 4.98 Å². The van der Waals surface area contributed by atoms with E-state index in [0.29, 0.717) is 31.8 Å². The zero-order chi connectivity index (χ0) is 19.0. The average Bonchev–Trinajstić information content (AvgIpc) is 3.14. The third-order valence-electron chi connectivity index (χ3n) is 4.28. The second-order valence-corrected chi connectivity index (χ2v) is 7.11. The molecule has 4 rings (SSSR count). The normalized spacial score (nSPS) is 11.0. The van der Waals surface area contributed by atoms with Crippen LogP contribution in [0.1, 0.15) is 16.6 Å². The molecule has 1 N–H and O–H groups in total. The largest absolute Gasteiger partial charge is 0.331 e. The standard InChI is InChI=1S/C20H15N3O3S/c1-12(24)17-10-21-20(27-17)22-18(25)11-23-15-8-4-2-6-13(15)19(26)14-7-3-5-9-16(14)23/h2-10H,11H2,1H3,(H,21,22,25). The lowest BCUT2D eigenvalue weighted by Gasteiger charge is -2.14. The van der Waals surface area contributed by atoms with Crippen LogP contribution in [0.4, 0.5) is 5.13 Å². The van der Waals surface area contributed by atoms with Gasteiger partial charge in [-0.1, -0.05) is 35.6 Å². The number of benzene rings is 2. The van der Waals surface area contributed by atoms with E-state index in [1.54, 1.807) is 12.1 Å². The fraction of sp³-hybridized carbons (Fsp3) is 0.100. The first-order chi connectivity index (χ1) is 13.0. The summed E-state index contributed by atoms with van der Waals surface area (Å²) in [5, 5.41) is 4.24. The van der Waals surface area contributed by atoms with Gasteiger partial charge < -0.3 is 9.88 Å². The number of aromatic nitrogens is 2. The van der Waals surface area contributed by atoms with Crippen LogP contribution in [0.25, 0.3) is 21.8 Å². The first-order valence-corrected chi connectivity index (χ1v) is 9.13. The van der Waals surface area contributed by atoms with Gasteiger partial charge in [0, 0.05) is 17.7 Å². The molecular formula is C20H15N3O3S. The SMILES string of the molecule is CC(=O)c1cnc(NC(=O)Cn2c3ccccc3c(=O)c3ccccc32)s1. The molecule has 1 amide bonds. The number of carbonyl (C=O) groups is 2. The van der Waals surface area contributed by atoms with Crippen molar-refractivity contribution < 1.29 is 9.59 Å². The molecule has 0 saturated heterocycles. The molecule has 0 aliphatic carbocycles. The van der Waals surface area contributed by atoms with Gasteiger partial charge in [0.05, 0.1) is 22.1 Å². The fourth-order valence-corrected chi connectivity index (χ4v) is 3.77. The number of thiazole rings is 1. The maximum Gasteiger partial charge on any atom is 0.246 e. The van der Waals surface area contributed by atoms with E-state index in [1.165, 1.54) is 13.1 Å². The molecule has 0 aliphatic rings. The van der Waals surface area contributed by atoms with Crippen molar-refractivity contribution in [2.24, 2.45) is 0 Å². The topological polar surface area (TPSA) is 81.1 Å². The van der Waals surface area contributed by atoms with Crippen LogP contribution in [0.15, 0.2) is 59.5 Å². The Labute approximate surface area is 158 Å². The minimum absolute atomic E-state index is 0.0241. The molecule has 0 radical (unpaired) electrons. The lowest BCUT2D eigenvalue weighted by molar-refractivity contribution is -0.116. The van der Waals surface area contributed by atoms with E-state index >= 15 is 0 Å². The molecule has 0 spiro atoms. The second-order valence-electron chi connectivity index (χ2n) is 6.08. The van der Waals surface area contributed by atoms with Crippen molar-refractivity contribution in [2.45, 2.75) is 13.5 Å². The minimum Gasteiger partial charge on any atom is -0.331 e. The van der Waals surface area contributed by atoms with E-state index in [-0.39, 0.29) is 23.7 Å². The minimum atomic E-state index is -0.279. The molecule has 7 heteroatoms. The van der Waals surface area contributed by atoms with E-state index in [2.05, 4.69) is 10.3 Å². The third kappa shape index (κ3) is 3.13. The highest BCUT2D eigenvalue weighted by Gasteiger charge is 2.14. The number of ketones is 1. The van der Waals surface area contributed by atoms with Crippen molar-refractivity contribution in [1.82, 2.24) is 9.55 Å². The highest BCUT2D eigenvalue weighted by molar-refractivity contribution is 7.17.